The quantitative estimate of drug-likeness (QED) is 0.856. The van der Waals surface area contributed by atoms with Crippen molar-refractivity contribution in [2.24, 2.45) is 5.92 Å². The minimum Gasteiger partial charge on any atom is -0.389 e. The van der Waals surface area contributed by atoms with Gasteiger partial charge in [-0.3, -0.25) is 4.98 Å². The molecular formula is C15H24N2O. The summed E-state index contributed by atoms with van der Waals surface area (Å²) in [6, 6.07) is 4.18. The zero-order chi connectivity index (χ0) is 13.0. The zero-order valence-corrected chi connectivity index (χ0v) is 11.4. The van der Waals surface area contributed by atoms with Crippen molar-refractivity contribution in [3.8, 4) is 0 Å². The number of aryl methyl sites for hydroxylation is 1. The maximum absolute atomic E-state index is 10.8. The molecule has 2 atom stereocenters. The van der Waals surface area contributed by atoms with Gasteiger partial charge in [-0.15, -0.1) is 0 Å². The van der Waals surface area contributed by atoms with Gasteiger partial charge in [0.15, 0.2) is 0 Å². The summed E-state index contributed by atoms with van der Waals surface area (Å²) in [5.41, 5.74) is 1.68. The summed E-state index contributed by atoms with van der Waals surface area (Å²) >= 11 is 0. The van der Waals surface area contributed by atoms with Gasteiger partial charge in [-0.05, 0) is 37.4 Å². The first-order valence-corrected chi connectivity index (χ1v) is 7.05. The standard InChI is InChI=1S/C15H24N2O/c1-3-12-5-6-14(17-10-12)9-15(18)7-8-16-11-13(15)4-2/h5-6,10,13,16,18H,3-4,7-9,11H2,1-2H3. The van der Waals surface area contributed by atoms with Gasteiger partial charge in [0.05, 0.1) is 5.60 Å². The summed E-state index contributed by atoms with van der Waals surface area (Å²) in [6.45, 7) is 6.10. The van der Waals surface area contributed by atoms with Crippen molar-refractivity contribution >= 4 is 0 Å². The molecule has 3 heteroatoms. The second-order valence-electron chi connectivity index (χ2n) is 5.35. The summed E-state index contributed by atoms with van der Waals surface area (Å²) < 4.78 is 0. The number of nitrogens with zero attached hydrogens (tertiary/aromatic N) is 1. The molecule has 2 rings (SSSR count). The minimum atomic E-state index is -0.583. The largest absolute Gasteiger partial charge is 0.389 e. The van der Waals surface area contributed by atoms with Gasteiger partial charge in [0.1, 0.15) is 0 Å². The van der Waals surface area contributed by atoms with Gasteiger partial charge in [-0.25, -0.2) is 0 Å². The normalized spacial score (nSPS) is 28.3. The SMILES string of the molecule is CCc1ccc(CC2(O)CCNCC2CC)nc1. The Labute approximate surface area is 110 Å². The second-order valence-corrected chi connectivity index (χ2v) is 5.35. The van der Waals surface area contributed by atoms with Gasteiger partial charge in [0, 0.05) is 30.8 Å². The van der Waals surface area contributed by atoms with Gasteiger partial charge in [-0.1, -0.05) is 19.9 Å². The van der Waals surface area contributed by atoms with E-state index in [-0.39, 0.29) is 0 Å². The first-order chi connectivity index (χ1) is 8.68. The summed E-state index contributed by atoms with van der Waals surface area (Å²) in [6.07, 6.45) is 5.45. The highest BCUT2D eigenvalue weighted by atomic mass is 16.3. The highest BCUT2D eigenvalue weighted by Crippen LogP contribution is 2.30. The fourth-order valence-electron chi connectivity index (χ4n) is 2.81. The zero-order valence-electron chi connectivity index (χ0n) is 11.4. The lowest BCUT2D eigenvalue weighted by atomic mass is 9.77. The van der Waals surface area contributed by atoms with E-state index in [2.05, 4.69) is 36.3 Å². The van der Waals surface area contributed by atoms with Crippen LogP contribution in [0.25, 0.3) is 0 Å². The molecule has 3 nitrogen and oxygen atoms in total. The van der Waals surface area contributed by atoms with Gasteiger partial charge >= 0.3 is 0 Å². The van der Waals surface area contributed by atoms with Crippen molar-refractivity contribution in [1.29, 1.82) is 0 Å². The molecule has 1 aliphatic heterocycles. The number of aromatic nitrogens is 1. The average molecular weight is 248 g/mol. The van der Waals surface area contributed by atoms with Crippen LogP contribution in [0.15, 0.2) is 18.3 Å². The van der Waals surface area contributed by atoms with Crippen molar-refractivity contribution in [3.63, 3.8) is 0 Å². The van der Waals surface area contributed by atoms with Crippen LogP contribution in [-0.2, 0) is 12.8 Å². The number of hydrogen-bond acceptors (Lipinski definition) is 3. The summed E-state index contributed by atoms with van der Waals surface area (Å²) in [4.78, 5) is 4.48. The van der Waals surface area contributed by atoms with Crippen LogP contribution in [0, 0.1) is 5.92 Å². The molecule has 1 aromatic rings. The van der Waals surface area contributed by atoms with E-state index < -0.39 is 5.60 Å². The number of aliphatic hydroxyl groups is 1. The van der Waals surface area contributed by atoms with E-state index in [1.54, 1.807) is 0 Å². The lowest BCUT2D eigenvalue weighted by molar-refractivity contribution is -0.0421. The fourth-order valence-corrected chi connectivity index (χ4v) is 2.81. The molecule has 0 aromatic carbocycles. The van der Waals surface area contributed by atoms with Crippen LogP contribution in [0.4, 0.5) is 0 Å². The average Bonchev–Trinajstić information content (AvgIpc) is 2.40. The Hall–Kier alpha value is -0.930. The Morgan fingerprint density at radius 3 is 2.89 bits per heavy atom. The molecule has 2 N–H and O–H groups in total. The molecule has 0 amide bonds. The van der Waals surface area contributed by atoms with E-state index in [1.807, 2.05) is 6.20 Å². The monoisotopic (exact) mass is 248 g/mol. The Morgan fingerprint density at radius 2 is 2.28 bits per heavy atom. The summed E-state index contributed by atoms with van der Waals surface area (Å²) in [5, 5.41) is 14.2. The van der Waals surface area contributed by atoms with Crippen LogP contribution >= 0.6 is 0 Å². The third-order valence-electron chi connectivity index (χ3n) is 4.16. The number of nitrogens with one attached hydrogen (secondary N) is 1. The van der Waals surface area contributed by atoms with Crippen LogP contribution in [0.2, 0.25) is 0 Å². The lowest BCUT2D eigenvalue weighted by Crippen LogP contribution is -2.51. The molecule has 1 aromatic heterocycles. The molecule has 1 fully saturated rings. The van der Waals surface area contributed by atoms with E-state index in [0.717, 1.165) is 38.0 Å². The molecule has 100 valence electrons. The fraction of sp³-hybridized carbons (Fsp3) is 0.667. The number of hydrogen-bond donors (Lipinski definition) is 2. The second kappa shape index (κ2) is 5.81. The molecule has 0 spiro atoms. The molecule has 2 unspecified atom stereocenters. The topological polar surface area (TPSA) is 45.1 Å². The molecule has 0 radical (unpaired) electrons. The third-order valence-corrected chi connectivity index (χ3v) is 4.16. The van der Waals surface area contributed by atoms with E-state index in [9.17, 15) is 5.11 Å². The van der Waals surface area contributed by atoms with Gasteiger partial charge in [0.25, 0.3) is 0 Å². The van der Waals surface area contributed by atoms with Crippen molar-refractivity contribution < 1.29 is 5.11 Å². The third kappa shape index (κ3) is 2.90. The van der Waals surface area contributed by atoms with Crippen LogP contribution in [0.1, 0.15) is 37.9 Å². The predicted molar refractivity (Wildman–Crippen MR) is 73.5 cm³/mol. The van der Waals surface area contributed by atoms with E-state index >= 15 is 0 Å². The van der Waals surface area contributed by atoms with Crippen molar-refractivity contribution in [1.82, 2.24) is 10.3 Å². The van der Waals surface area contributed by atoms with Crippen molar-refractivity contribution in [2.75, 3.05) is 13.1 Å². The van der Waals surface area contributed by atoms with Crippen molar-refractivity contribution in [3.05, 3.63) is 29.6 Å². The van der Waals surface area contributed by atoms with Gasteiger partial charge in [-0.2, -0.15) is 0 Å². The van der Waals surface area contributed by atoms with Crippen LogP contribution < -0.4 is 5.32 Å². The van der Waals surface area contributed by atoms with E-state index in [0.29, 0.717) is 12.3 Å². The Bertz CT molecular complexity index is 377. The Balaban J connectivity index is 2.09. The molecular weight excluding hydrogens is 224 g/mol. The molecule has 0 bridgehead atoms. The first kappa shape index (κ1) is 13.5. The van der Waals surface area contributed by atoms with Crippen LogP contribution in [-0.4, -0.2) is 28.8 Å². The van der Waals surface area contributed by atoms with Crippen molar-refractivity contribution in [2.45, 2.75) is 45.1 Å². The molecule has 1 saturated heterocycles. The number of rotatable bonds is 4. The van der Waals surface area contributed by atoms with Crippen LogP contribution in [0.3, 0.4) is 0 Å². The molecule has 18 heavy (non-hydrogen) atoms. The maximum Gasteiger partial charge on any atom is 0.0755 e. The predicted octanol–water partition coefficient (Wildman–Crippen LogP) is 1.94. The lowest BCUT2D eigenvalue weighted by Gasteiger charge is -2.40. The highest BCUT2D eigenvalue weighted by molar-refractivity contribution is 5.16. The Morgan fingerprint density at radius 1 is 1.44 bits per heavy atom. The Kier molecular flexibility index (Phi) is 4.36. The smallest absolute Gasteiger partial charge is 0.0755 e. The van der Waals surface area contributed by atoms with Crippen LogP contribution in [0.5, 0.6) is 0 Å². The van der Waals surface area contributed by atoms with Gasteiger partial charge in [0.2, 0.25) is 0 Å². The van der Waals surface area contributed by atoms with Gasteiger partial charge < -0.3 is 10.4 Å². The summed E-state index contributed by atoms with van der Waals surface area (Å²) in [5.74, 6) is 0.332. The highest BCUT2D eigenvalue weighted by Gasteiger charge is 2.38. The molecule has 1 aliphatic rings. The maximum atomic E-state index is 10.8. The summed E-state index contributed by atoms with van der Waals surface area (Å²) in [7, 11) is 0. The number of piperidine rings is 1. The molecule has 0 aliphatic carbocycles. The molecule has 0 saturated carbocycles. The molecule has 2 heterocycles. The minimum absolute atomic E-state index is 0.332. The van der Waals surface area contributed by atoms with E-state index in [1.165, 1.54) is 5.56 Å². The number of pyridine rings is 1. The van der Waals surface area contributed by atoms with E-state index in [4.69, 9.17) is 0 Å². The first-order valence-electron chi connectivity index (χ1n) is 7.05.